The molecule has 1 aromatic rings. The van der Waals surface area contributed by atoms with Crippen LogP contribution >= 0.6 is 0 Å². The molecule has 0 atom stereocenters. The second-order valence-corrected chi connectivity index (χ2v) is 4.58. The molecule has 0 aliphatic heterocycles. The molecule has 1 amide bonds. The van der Waals surface area contributed by atoms with E-state index in [9.17, 15) is 4.79 Å². The molecule has 1 rings (SSSR count). The number of ether oxygens (including phenoxy) is 1. The van der Waals surface area contributed by atoms with Crippen molar-refractivity contribution in [3.63, 3.8) is 0 Å². The summed E-state index contributed by atoms with van der Waals surface area (Å²) in [5.74, 6) is 5.34. The Labute approximate surface area is 113 Å². The lowest BCUT2D eigenvalue weighted by molar-refractivity contribution is 0.0228. The second-order valence-electron chi connectivity index (χ2n) is 4.58. The number of amides is 1. The van der Waals surface area contributed by atoms with Gasteiger partial charge >= 0.3 is 0 Å². The van der Waals surface area contributed by atoms with E-state index in [4.69, 9.17) is 10.5 Å². The molecule has 0 bridgehead atoms. The molecule has 0 unspecified atom stereocenters. The largest absolute Gasteiger partial charge is 0.377 e. The third-order valence-electron chi connectivity index (χ3n) is 2.56. The van der Waals surface area contributed by atoms with Crippen LogP contribution in [0, 0.1) is 11.8 Å². The van der Waals surface area contributed by atoms with Crippen molar-refractivity contribution in [2.75, 3.05) is 20.2 Å². The zero-order chi connectivity index (χ0) is 14.3. The number of carbonyl (C=O) groups is 1. The summed E-state index contributed by atoms with van der Waals surface area (Å²) < 4.78 is 5.22. The minimum Gasteiger partial charge on any atom is -0.377 e. The van der Waals surface area contributed by atoms with Crippen molar-refractivity contribution in [1.82, 2.24) is 10.3 Å². The molecule has 0 saturated carbocycles. The maximum Gasteiger partial charge on any atom is 0.269 e. The monoisotopic (exact) mass is 261 g/mol. The summed E-state index contributed by atoms with van der Waals surface area (Å²) in [5, 5.41) is 2.77. The van der Waals surface area contributed by atoms with Crippen molar-refractivity contribution in [2.45, 2.75) is 19.4 Å². The Balaban J connectivity index is 2.63. The first-order chi connectivity index (χ1) is 8.98. The van der Waals surface area contributed by atoms with E-state index in [-0.39, 0.29) is 5.91 Å². The Morgan fingerprint density at radius 2 is 2.26 bits per heavy atom. The van der Waals surface area contributed by atoms with Crippen molar-refractivity contribution < 1.29 is 9.53 Å². The molecule has 0 spiro atoms. The van der Waals surface area contributed by atoms with Gasteiger partial charge in [0.2, 0.25) is 0 Å². The molecule has 1 heterocycles. The highest BCUT2D eigenvalue weighted by molar-refractivity contribution is 5.92. The van der Waals surface area contributed by atoms with Gasteiger partial charge in [-0.25, -0.2) is 4.98 Å². The van der Waals surface area contributed by atoms with Crippen molar-refractivity contribution in [3.8, 4) is 11.8 Å². The Hall–Kier alpha value is -1.90. The summed E-state index contributed by atoms with van der Waals surface area (Å²) in [6, 6.07) is 3.38. The fourth-order valence-electron chi connectivity index (χ4n) is 1.21. The van der Waals surface area contributed by atoms with Gasteiger partial charge in [0.25, 0.3) is 5.91 Å². The first kappa shape index (κ1) is 15.2. The molecule has 0 aromatic carbocycles. The number of nitrogens with two attached hydrogens (primary N) is 1. The van der Waals surface area contributed by atoms with Gasteiger partial charge in [-0.1, -0.05) is 11.8 Å². The average molecular weight is 261 g/mol. The summed E-state index contributed by atoms with van der Waals surface area (Å²) in [6.45, 7) is 4.51. The summed E-state index contributed by atoms with van der Waals surface area (Å²) in [7, 11) is 1.61. The summed E-state index contributed by atoms with van der Waals surface area (Å²) in [6.07, 6.45) is 1.55. The molecule has 102 valence electrons. The normalized spacial score (nSPS) is 10.5. The van der Waals surface area contributed by atoms with E-state index in [0.717, 1.165) is 5.56 Å². The highest BCUT2D eigenvalue weighted by Crippen LogP contribution is 2.05. The van der Waals surface area contributed by atoms with Crippen molar-refractivity contribution in [1.29, 1.82) is 0 Å². The topological polar surface area (TPSA) is 77.2 Å². The van der Waals surface area contributed by atoms with E-state index in [1.54, 1.807) is 25.4 Å². The Kier molecular flexibility index (Phi) is 5.49. The minimum atomic E-state index is -0.401. The van der Waals surface area contributed by atoms with Gasteiger partial charge in [0.05, 0.1) is 12.1 Å². The summed E-state index contributed by atoms with van der Waals surface area (Å²) in [5.41, 5.74) is 5.96. The van der Waals surface area contributed by atoms with Crippen LogP contribution in [0.4, 0.5) is 0 Å². The van der Waals surface area contributed by atoms with Gasteiger partial charge in [-0.3, -0.25) is 4.79 Å². The van der Waals surface area contributed by atoms with Crippen LogP contribution in [-0.4, -0.2) is 36.7 Å². The van der Waals surface area contributed by atoms with Crippen molar-refractivity contribution in [2.24, 2.45) is 5.73 Å². The Morgan fingerprint density at radius 3 is 2.79 bits per heavy atom. The zero-order valence-electron chi connectivity index (χ0n) is 11.5. The van der Waals surface area contributed by atoms with Crippen LogP contribution in [-0.2, 0) is 4.74 Å². The Bertz CT molecular complexity index is 484. The van der Waals surface area contributed by atoms with Crippen molar-refractivity contribution >= 4 is 5.91 Å². The number of nitrogens with one attached hydrogen (secondary N) is 1. The third kappa shape index (κ3) is 5.08. The highest BCUT2D eigenvalue weighted by Gasteiger charge is 2.18. The van der Waals surface area contributed by atoms with Gasteiger partial charge in [-0.05, 0) is 26.0 Å². The molecular formula is C14H19N3O2. The van der Waals surface area contributed by atoms with Crippen LogP contribution in [0.25, 0.3) is 0 Å². The highest BCUT2D eigenvalue weighted by atomic mass is 16.5. The number of aromatic nitrogens is 1. The minimum absolute atomic E-state index is 0.233. The van der Waals surface area contributed by atoms with Gasteiger partial charge < -0.3 is 15.8 Å². The average Bonchev–Trinajstić information content (AvgIpc) is 2.43. The van der Waals surface area contributed by atoms with Gasteiger partial charge in [-0.2, -0.15) is 0 Å². The lowest BCUT2D eigenvalue weighted by Crippen LogP contribution is -2.39. The molecule has 19 heavy (non-hydrogen) atoms. The number of carbonyl (C=O) groups excluding carboxylic acids is 1. The van der Waals surface area contributed by atoms with Crippen LogP contribution in [0.1, 0.15) is 29.9 Å². The standard InChI is InChI=1S/C14H19N3O2/c1-14(2,19-3)10-17-13(18)12-7-6-11(9-16-12)5-4-8-15/h6-7,9H,8,10,15H2,1-3H3,(H,17,18). The lowest BCUT2D eigenvalue weighted by atomic mass is 10.1. The molecule has 3 N–H and O–H groups in total. The third-order valence-corrected chi connectivity index (χ3v) is 2.56. The molecule has 0 saturated heterocycles. The molecule has 1 aromatic heterocycles. The van der Waals surface area contributed by atoms with Gasteiger partial charge in [0.1, 0.15) is 5.69 Å². The van der Waals surface area contributed by atoms with E-state index >= 15 is 0 Å². The van der Waals surface area contributed by atoms with Gasteiger partial charge in [-0.15, -0.1) is 0 Å². The van der Waals surface area contributed by atoms with Crippen molar-refractivity contribution in [3.05, 3.63) is 29.6 Å². The lowest BCUT2D eigenvalue weighted by Gasteiger charge is -2.22. The number of hydrogen-bond acceptors (Lipinski definition) is 4. The molecule has 0 aliphatic rings. The summed E-state index contributed by atoms with van der Waals surface area (Å²) >= 11 is 0. The number of nitrogens with zero attached hydrogens (tertiary/aromatic N) is 1. The molecular weight excluding hydrogens is 242 g/mol. The van der Waals surface area contributed by atoms with Crippen LogP contribution in [0.5, 0.6) is 0 Å². The second kappa shape index (κ2) is 6.88. The number of rotatable bonds is 4. The van der Waals surface area contributed by atoms with Crippen LogP contribution < -0.4 is 11.1 Å². The van der Waals surface area contributed by atoms with Crippen LogP contribution in [0.3, 0.4) is 0 Å². The molecule has 0 radical (unpaired) electrons. The predicted octanol–water partition coefficient (Wildman–Crippen LogP) is 0.547. The van der Waals surface area contributed by atoms with Crippen LogP contribution in [0.2, 0.25) is 0 Å². The summed E-state index contributed by atoms with van der Waals surface area (Å²) in [4.78, 5) is 15.9. The molecule has 5 heteroatoms. The molecule has 5 nitrogen and oxygen atoms in total. The maximum atomic E-state index is 11.8. The van der Waals surface area contributed by atoms with E-state index in [0.29, 0.717) is 18.8 Å². The van der Waals surface area contributed by atoms with Crippen LogP contribution in [0.15, 0.2) is 18.3 Å². The Morgan fingerprint density at radius 1 is 1.53 bits per heavy atom. The number of pyridine rings is 1. The molecule has 0 aliphatic carbocycles. The fraction of sp³-hybridized carbons (Fsp3) is 0.429. The maximum absolute atomic E-state index is 11.8. The van der Waals surface area contributed by atoms with E-state index in [1.165, 1.54) is 0 Å². The first-order valence-electron chi connectivity index (χ1n) is 5.97. The van der Waals surface area contributed by atoms with Gasteiger partial charge in [0, 0.05) is 25.4 Å². The number of methoxy groups -OCH3 is 1. The van der Waals surface area contributed by atoms with E-state index < -0.39 is 5.60 Å². The smallest absolute Gasteiger partial charge is 0.269 e. The number of hydrogen-bond donors (Lipinski definition) is 2. The SMILES string of the molecule is COC(C)(C)CNC(=O)c1ccc(C#CCN)cn1. The first-order valence-corrected chi connectivity index (χ1v) is 5.97. The fourth-order valence-corrected chi connectivity index (χ4v) is 1.21. The van der Waals surface area contributed by atoms with E-state index in [1.807, 2.05) is 13.8 Å². The molecule has 0 fully saturated rings. The quantitative estimate of drug-likeness (QED) is 0.776. The van der Waals surface area contributed by atoms with Gasteiger partial charge in [0.15, 0.2) is 0 Å². The predicted molar refractivity (Wildman–Crippen MR) is 73.6 cm³/mol. The van der Waals surface area contributed by atoms with E-state index in [2.05, 4.69) is 22.1 Å². The zero-order valence-corrected chi connectivity index (χ0v) is 11.5.